The number of nitrogens with one attached hydrogen (secondary N) is 1. The number of carbonyl (C=O) groups is 1. The summed E-state index contributed by atoms with van der Waals surface area (Å²) >= 11 is 0. The Kier molecular flexibility index (Phi) is 4.00. The van der Waals surface area contributed by atoms with E-state index in [-0.39, 0.29) is 6.04 Å². The van der Waals surface area contributed by atoms with Gasteiger partial charge in [-0.2, -0.15) is 0 Å². The number of carboxylic acids is 1. The summed E-state index contributed by atoms with van der Waals surface area (Å²) in [6.45, 7) is 0. The minimum Gasteiger partial charge on any atom is -0.493 e. The summed E-state index contributed by atoms with van der Waals surface area (Å²) in [4.78, 5) is 11.9. The van der Waals surface area contributed by atoms with Crippen molar-refractivity contribution in [2.45, 2.75) is 31.2 Å². The van der Waals surface area contributed by atoms with Gasteiger partial charge in [-0.1, -0.05) is 24.3 Å². The predicted molar refractivity (Wildman–Crippen MR) is 106 cm³/mol. The van der Waals surface area contributed by atoms with Crippen LogP contribution in [0.5, 0.6) is 11.5 Å². The Labute approximate surface area is 164 Å². The minimum absolute atomic E-state index is 0.0124. The number of rotatable bonds is 4. The van der Waals surface area contributed by atoms with Gasteiger partial charge < -0.3 is 19.9 Å². The van der Waals surface area contributed by atoms with E-state index in [1.807, 2.05) is 18.2 Å². The summed E-state index contributed by atoms with van der Waals surface area (Å²) in [5, 5.41) is 13.4. The lowest BCUT2D eigenvalue weighted by atomic mass is 9.67. The molecule has 5 rings (SSSR count). The van der Waals surface area contributed by atoms with Crippen LogP contribution in [0.1, 0.15) is 52.7 Å². The van der Waals surface area contributed by atoms with E-state index in [0.29, 0.717) is 35.0 Å². The number of anilines is 1. The molecule has 2 aromatic carbocycles. The van der Waals surface area contributed by atoms with Crippen LogP contribution in [0.3, 0.4) is 0 Å². The van der Waals surface area contributed by atoms with Crippen LogP contribution < -0.4 is 14.8 Å². The van der Waals surface area contributed by atoms with Crippen molar-refractivity contribution in [3.05, 3.63) is 53.1 Å². The summed E-state index contributed by atoms with van der Waals surface area (Å²) in [5.74, 6) is 2.69. The number of benzene rings is 2. The molecule has 0 unspecified atom stereocenters. The first kappa shape index (κ1) is 17.4. The second kappa shape index (κ2) is 6.43. The van der Waals surface area contributed by atoms with Gasteiger partial charge in [0.2, 0.25) is 0 Å². The van der Waals surface area contributed by atoms with Gasteiger partial charge in [-0.25, -0.2) is 4.79 Å². The molecule has 3 aliphatic rings. The zero-order valence-electron chi connectivity index (χ0n) is 16.1. The topological polar surface area (TPSA) is 67.8 Å². The fourth-order valence-corrected chi connectivity index (χ4v) is 6.16. The van der Waals surface area contributed by atoms with Gasteiger partial charge in [0.1, 0.15) is 0 Å². The van der Waals surface area contributed by atoms with Gasteiger partial charge in [0.25, 0.3) is 0 Å². The van der Waals surface area contributed by atoms with Crippen LogP contribution in [0.2, 0.25) is 0 Å². The van der Waals surface area contributed by atoms with E-state index in [1.165, 1.54) is 24.8 Å². The summed E-state index contributed by atoms with van der Waals surface area (Å²) in [7, 11) is 3.31. The SMILES string of the molecule is COc1cccc([C@@H]2Nc3c(C(=O)O)cccc3[C@H]3[C@H]4CC[C@@H](C4)[C@@H]32)c1OC. The number of methoxy groups -OCH3 is 2. The molecule has 0 saturated heterocycles. The maximum Gasteiger partial charge on any atom is 0.337 e. The lowest BCUT2D eigenvalue weighted by Gasteiger charge is -2.44. The molecule has 28 heavy (non-hydrogen) atoms. The monoisotopic (exact) mass is 379 g/mol. The molecule has 2 fully saturated rings. The first-order chi connectivity index (χ1) is 13.6. The molecule has 2 aliphatic carbocycles. The van der Waals surface area contributed by atoms with E-state index in [0.717, 1.165) is 17.0 Å². The Morgan fingerprint density at radius 1 is 1.04 bits per heavy atom. The molecule has 146 valence electrons. The Bertz CT molecular complexity index is 940. The van der Waals surface area contributed by atoms with Gasteiger partial charge in [0, 0.05) is 5.56 Å². The van der Waals surface area contributed by atoms with Crippen LogP contribution in [0.25, 0.3) is 0 Å². The first-order valence-electron chi connectivity index (χ1n) is 9.97. The third-order valence-corrected chi connectivity index (χ3v) is 7.12. The highest BCUT2D eigenvalue weighted by Crippen LogP contribution is 2.64. The molecule has 2 aromatic rings. The van der Waals surface area contributed by atoms with Crippen LogP contribution in [0.15, 0.2) is 36.4 Å². The average molecular weight is 379 g/mol. The maximum atomic E-state index is 11.9. The molecule has 5 heteroatoms. The number of ether oxygens (including phenoxy) is 2. The summed E-state index contributed by atoms with van der Waals surface area (Å²) in [5.41, 5.74) is 3.36. The number of hydrogen-bond acceptors (Lipinski definition) is 4. The second-order valence-corrected chi connectivity index (χ2v) is 8.22. The lowest BCUT2D eigenvalue weighted by molar-refractivity contribution is 0.0697. The predicted octanol–water partition coefficient (Wildman–Crippen LogP) is 4.70. The molecule has 0 aromatic heterocycles. The van der Waals surface area contributed by atoms with Gasteiger partial charge in [-0.05, 0) is 60.6 Å². The number of carboxylic acid groups (broad SMARTS) is 1. The zero-order chi connectivity index (χ0) is 19.4. The summed E-state index contributed by atoms with van der Waals surface area (Å²) in [6, 6.07) is 11.7. The molecular formula is C23H25NO4. The molecule has 2 bridgehead atoms. The highest BCUT2D eigenvalue weighted by atomic mass is 16.5. The highest BCUT2D eigenvalue weighted by Gasteiger charge is 2.54. The average Bonchev–Trinajstić information content (AvgIpc) is 3.34. The van der Waals surface area contributed by atoms with E-state index in [2.05, 4.69) is 17.4 Å². The van der Waals surface area contributed by atoms with E-state index in [9.17, 15) is 9.90 Å². The molecular weight excluding hydrogens is 354 g/mol. The van der Waals surface area contributed by atoms with Crippen molar-refractivity contribution in [2.75, 3.05) is 19.5 Å². The molecule has 0 spiro atoms. The molecule has 5 atom stereocenters. The van der Waals surface area contributed by atoms with E-state index in [1.54, 1.807) is 20.3 Å². The van der Waals surface area contributed by atoms with Crippen molar-refractivity contribution in [3.8, 4) is 11.5 Å². The number of fused-ring (bicyclic) bond motifs is 7. The number of para-hydroxylation sites is 2. The second-order valence-electron chi connectivity index (χ2n) is 8.22. The quantitative estimate of drug-likeness (QED) is 0.806. The fourth-order valence-electron chi connectivity index (χ4n) is 6.16. The van der Waals surface area contributed by atoms with Crippen molar-refractivity contribution in [1.82, 2.24) is 0 Å². The number of aromatic carboxylic acids is 1. The Hall–Kier alpha value is -2.69. The molecule has 0 radical (unpaired) electrons. The van der Waals surface area contributed by atoms with Crippen molar-refractivity contribution in [3.63, 3.8) is 0 Å². The van der Waals surface area contributed by atoms with Crippen LogP contribution >= 0.6 is 0 Å². The van der Waals surface area contributed by atoms with Gasteiger partial charge in [-0.15, -0.1) is 0 Å². The van der Waals surface area contributed by atoms with Crippen LogP contribution in [0.4, 0.5) is 5.69 Å². The summed E-state index contributed by atoms with van der Waals surface area (Å²) < 4.78 is 11.3. The van der Waals surface area contributed by atoms with Crippen LogP contribution in [-0.2, 0) is 0 Å². The van der Waals surface area contributed by atoms with E-state index < -0.39 is 5.97 Å². The van der Waals surface area contributed by atoms with E-state index in [4.69, 9.17) is 9.47 Å². The van der Waals surface area contributed by atoms with Gasteiger partial charge in [-0.3, -0.25) is 0 Å². The Morgan fingerprint density at radius 3 is 2.54 bits per heavy atom. The van der Waals surface area contributed by atoms with Gasteiger partial charge in [0.15, 0.2) is 11.5 Å². The standard InChI is InChI=1S/C23H25NO4/c1-27-17-8-4-6-15(22(17)28-2)21-19-13-10-9-12(11-13)18(19)14-5-3-7-16(23(25)26)20(14)24-21/h3-8,12-13,18-19,21,24H,9-11H2,1-2H3,(H,25,26)/t12-,13-,18+,19-,21-/m0/s1. The molecule has 2 saturated carbocycles. The van der Waals surface area contributed by atoms with Crippen LogP contribution in [0, 0.1) is 17.8 Å². The molecule has 0 amide bonds. The smallest absolute Gasteiger partial charge is 0.337 e. The zero-order valence-corrected chi connectivity index (χ0v) is 16.1. The normalized spacial score (nSPS) is 29.6. The van der Waals surface area contributed by atoms with Gasteiger partial charge in [0.05, 0.1) is 31.5 Å². The van der Waals surface area contributed by atoms with Gasteiger partial charge >= 0.3 is 5.97 Å². The fraction of sp³-hybridized carbons (Fsp3) is 0.435. The van der Waals surface area contributed by atoms with Crippen molar-refractivity contribution < 1.29 is 19.4 Å². The lowest BCUT2D eigenvalue weighted by Crippen LogP contribution is -2.36. The molecule has 1 heterocycles. The third kappa shape index (κ3) is 2.35. The largest absolute Gasteiger partial charge is 0.493 e. The van der Waals surface area contributed by atoms with Crippen molar-refractivity contribution in [2.24, 2.45) is 17.8 Å². The Morgan fingerprint density at radius 2 is 1.79 bits per heavy atom. The van der Waals surface area contributed by atoms with E-state index >= 15 is 0 Å². The van der Waals surface area contributed by atoms with Crippen molar-refractivity contribution in [1.29, 1.82) is 0 Å². The molecule has 1 aliphatic heterocycles. The maximum absolute atomic E-state index is 11.9. The minimum atomic E-state index is -0.887. The highest BCUT2D eigenvalue weighted by molar-refractivity contribution is 5.95. The Balaban J connectivity index is 1.70. The summed E-state index contributed by atoms with van der Waals surface area (Å²) in [6.07, 6.45) is 3.73. The molecule has 2 N–H and O–H groups in total. The van der Waals surface area contributed by atoms with Crippen molar-refractivity contribution >= 4 is 11.7 Å². The molecule has 5 nitrogen and oxygen atoms in total. The van der Waals surface area contributed by atoms with Crippen LogP contribution in [-0.4, -0.2) is 25.3 Å². The first-order valence-corrected chi connectivity index (χ1v) is 9.97. The number of hydrogen-bond donors (Lipinski definition) is 2. The third-order valence-electron chi connectivity index (χ3n) is 7.12.